The number of hydrogen-bond acceptors (Lipinski definition) is 8. The molecule has 30 heavy (non-hydrogen) atoms. The largest absolute Gasteiger partial charge is 0.288 e. The predicted octanol–water partition coefficient (Wildman–Crippen LogP) is 4.45. The molecule has 0 radical (unpaired) electrons. The number of nitriles is 1. The molecule has 0 aliphatic carbocycles. The Morgan fingerprint density at radius 1 is 0.933 bits per heavy atom. The second-order valence-corrected chi connectivity index (χ2v) is 13.4. The molecule has 0 fully saturated rings. The van der Waals surface area contributed by atoms with Gasteiger partial charge in [-0.25, -0.2) is 0 Å². The first kappa shape index (κ1) is 21.1. The van der Waals surface area contributed by atoms with Crippen LogP contribution in [0.5, 0.6) is 0 Å². The number of nitrogens with one attached hydrogen (secondary N) is 1. The number of benzene rings is 1. The molecule has 8 nitrogen and oxygen atoms in total. The Labute approximate surface area is 189 Å². The minimum atomic E-state index is -4.67. The van der Waals surface area contributed by atoms with Crippen molar-refractivity contribution in [2.24, 2.45) is 0 Å². The van der Waals surface area contributed by atoms with E-state index in [1.54, 1.807) is 12.1 Å². The molecule has 0 spiro atoms. The molecular weight excluding hydrogens is 511 g/mol. The number of halogens is 2. The summed E-state index contributed by atoms with van der Waals surface area (Å²) in [6.45, 7) is 0. The molecule has 0 unspecified atom stereocenters. The number of hydrogen-bond donors (Lipinski definition) is 1. The van der Waals surface area contributed by atoms with E-state index < -0.39 is 25.9 Å². The summed E-state index contributed by atoms with van der Waals surface area (Å²) in [5.74, 6) is -0.448. The van der Waals surface area contributed by atoms with E-state index in [1.165, 1.54) is 30.3 Å². The lowest BCUT2D eigenvalue weighted by Crippen LogP contribution is -2.36. The molecule has 4 aromatic rings. The standard InChI is InChI=1S/C16H8Cl2N4O4S4/c17-11-4-6-13(27-11)29(23,24)22(30(25,26)14-7-5-12(18)28-14)16-15-9(8-19)2-1-3-10(15)20-21-16/h1-7H,(H,20,21). The van der Waals surface area contributed by atoms with Crippen LogP contribution in [0.2, 0.25) is 8.67 Å². The molecular formula is C16H8Cl2N4O4S4. The van der Waals surface area contributed by atoms with Crippen LogP contribution in [0, 0.1) is 11.3 Å². The van der Waals surface area contributed by atoms with Crippen molar-refractivity contribution < 1.29 is 16.8 Å². The Morgan fingerprint density at radius 3 is 1.97 bits per heavy atom. The molecule has 3 heterocycles. The molecule has 0 saturated heterocycles. The van der Waals surface area contributed by atoms with Gasteiger partial charge >= 0.3 is 0 Å². The van der Waals surface area contributed by atoms with Gasteiger partial charge in [0, 0.05) is 0 Å². The van der Waals surface area contributed by atoms with Gasteiger partial charge in [0.2, 0.25) is 0 Å². The number of H-pyrrole nitrogens is 1. The summed E-state index contributed by atoms with van der Waals surface area (Å²) >= 11 is 13.2. The van der Waals surface area contributed by atoms with Crippen molar-refractivity contribution in [2.45, 2.75) is 8.42 Å². The third-order valence-electron chi connectivity index (χ3n) is 3.91. The molecule has 0 aliphatic heterocycles. The van der Waals surface area contributed by atoms with Crippen LogP contribution in [0.25, 0.3) is 10.9 Å². The molecule has 0 amide bonds. The van der Waals surface area contributed by atoms with Crippen molar-refractivity contribution in [3.8, 4) is 6.07 Å². The van der Waals surface area contributed by atoms with E-state index in [1.807, 2.05) is 6.07 Å². The van der Waals surface area contributed by atoms with Gasteiger partial charge in [0.15, 0.2) is 5.82 Å². The summed E-state index contributed by atoms with van der Waals surface area (Å²) in [7, 11) is -9.33. The lowest BCUT2D eigenvalue weighted by atomic mass is 10.1. The van der Waals surface area contributed by atoms with Crippen molar-refractivity contribution in [2.75, 3.05) is 3.71 Å². The number of sulfonamides is 2. The third kappa shape index (κ3) is 3.37. The fourth-order valence-corrected chi connectivity index (χ4v) is 9.65. The van der Waals surface area contributed by atoms with Gasteiger partial charge in [-0.1, -0.05) is 29.3 Å². The van der Waals surface area contributed by atoms with E-state index in [0.29, 0.717) is 28.2 Å². The van der Waals surface area contributed by atoms with Crippen molar-refractivity contribution in [1.82, 2.24) is 10.2 Å². The molecule has 0 bridgehead atoms. The van der Waals surface area contributed by atoms with E-state index in [2.05, 4.69) is 10.2 Å². The zero-order valence-electron chi connectivity index (χ0n) is 14.4. The number of aromatic amines is 1. The summed E-state index contributed by atoms with van der Waals surface area (Å²) < 4.78 is 53.7. The maximum absolute atomic E-state index is 13.4. The third-order valence-corrected chi connectivity index (χ3v) is 11.4. The fraction of sp³-hybridized carbons (Fsp3) is 0. The molecule has 0 aliphatic rings. The average molecular weight is 519 g/mol. The first-order valence-electron chi connectivity index (χ1n) is 7.84. The summed E-state index contributed by atoms with van der Waals surface area (Å²) in [4.78, 5) is 0. The normalized spacial score (nSPS) is 12.2. The zero-order chi connectivity index (χ0) is 21.7. The highest BCUT2D eigenvalue weighted by atomic mass is 35.5. The van der Waals surface area contributed by atoms with Crippen LogP contribution in [0.3, 0.4) is 0 Å². The van der Waals surface area contributed by atoms with Crippen LogP contribution >= 0.6 is 45.9 Å². The quantitative estimate of drug-likeness (QED) is 0.416. The molecule has 4 rings (SSSR count). The Balaban J connectivity index is 2.07. The van der Waals surface area contributed by atoms with Gasteiger partial charge < -0.3 is 0 Å². The van der Waals surface area contributed by atoms with Gasteiger partial charge in [0.25, 0.3) is 20.0 Å². The molecule has 154 valence electrons. The van der Waals surface area contributed by atoms with Crippen molar-refractivity contribution in [3.05, 3.63) is 56.7 Å². The minimum absolute atomic E-state index is 0.0532. The number of anilines is 1. The van der Waals surface area contributed by atoms with E-state index in [0.717, 1.165) is 0 Å². The second kappa shape index (κ2) is 7.52. The summed E-state index contributed by atoms with van der Waals surface area (Å²) in [6.07, 6.45) is 0. The number of thiophene rings is 2. The number of aromatic nitrogens is 2. The minimum Gasteiger partial charge on any atom is -0.276 e. The number of rotatable bonds is 5. The van der Waals surface area contributed by atoms with Gasteiger partial charge in [-0.3, -0.25) is 5.10 Å². The van der Waals surface area contributed by atoms with Crippen LogP contribution in [-0.4, -0.2) is 27.0 Å². The lowest BCUT2D eigenvalue weighted by Gasteiger charge is -2.20. The first-order valence-corrected chi connectivity index (χ1v) is 13.1. The van der Waals surface area contributed by atoms with Crippen LogP contribution < -0.4 is 3.71 Å². The Kier molecular flexibility index (Phi) is 5.29. The van der Waals surface area contributed by atoms with Crippen LogP contribution in [-0.2, 0) is 20.0 Å². The average Bonchev–Trinajstić information content (AvgIpc) is 3.42. The highest BCUT2D eigenvalue weighted by Gasteiger charge is 2.41. The van der Waals surface area contributed by atoms with E-state index in [-0.39, 0.29) is 31.8 Å². The monoisotopic (exact) mass is 518 g/mol. The van der Waals surface area contributed by atoms with Crippen LogP contribution in [0.1, 0.15) is 5.56 Å². The fourth-order valence-electron chi connectivity index (χ4n) is 2.67. The van der Waals surface area contributed by atoms with Crippen molar-refractivity contribution >= 4 is 82.6 Å². The zero-order valence-corrected chi connectivity index (χ0v) is 19.2. The molecule has 3 aromatic heterocycles. The summed E-state index contributed by atoms with van der Waals surface area (Å²) in [6, 6.07) is 11.6. The Hall–Kier alpha value is -2.14. The Morgan fingerprint density at radius 2 is 1.50 bits per heavy atom. The van der Waals surface area contributed by atoms with Crippen molar-refractivity contribution in [3.63, 3.8) is 0 Å². The lowest BCUT2D eigenvalue weighted by molar-refractivity contribution is 0.586. The molecule has 0 saturated carbocycles. The maximum atomic E-state index is 13.4. The molecule has 14 heteroatoms. The van der Waals surface area contributed by atoms with Gasteiger partial charge in [-0.2, -0.15) is 27.2 Å². The van der Waals surface area contributed by atoms with Crippen LogP contribution in [0.15, 0.2) is 50.9 Å². The Bertz CT molecular complexity index is 1460. The maximum Gasteiger partial charge on any atom is 0.288 e. The highest BCUT2D eigenvalue weighted by Crippen LogP contribution is 2.39. The highest BCUT2D eigenvalue weighted by molar-refractivity contribution is 8.11. The predicted molar refractivity (Wildman–Crippen MR) is 116 cm³/mol. The van der Waals surface area contributed by atoms with Gasteiger partial charge in [0.1, 0.15) is 8.42 Å². The van der Waals surface area contributed by atoms with E-state index in [4.69, 9.17) is 23.2 Å². The number of nitrogens with zero attached hydrogens (tertiary/aromatic N) is 3. The second-order valence-electron chi connectivity index (χ2n) is 5.71. The van der Waals surface area contributed by atoms with Gasteiger partial charge in [-0.15, -0.1) is 26.4 Å². The SMILES string of the molecule is N#Cc1cccc2[nH]nc(N(S(=O)(=O)c3ccc(Cl)s3)S(=O)(=O)c3ccc(Cl)s3)c12. The molecule has 1 aromatic carbocycles. The van der Waals surface area contributed by atoms with Gasteiger partial charge in [-0.05, 0) is 36.4 Å². The molecule has 0 atom stereocenters. The first-order chi connectivity index (χ1) is 14.2. The van der Waals surface area contributed by atoms with E-state index >= 15 is 0 Å². The smallest absolute Gasteiger partial charge is 0.276 e. The van der Waals surface area contributed by atoms with E-state index in [9.17, 15) is 22.1 Å². The van der Waals surface area contributed by atoms with Crippen molar-refractivity contribution in [1.29, 1.82) is 5.26 Å². The number of fused-ring (bicyclic) bond motifs is 1. The van der Waals surface area contributed by atoms with Crippen LogP contribution in [0.4, 0.5) is 5.82 Å². The summed E-state index contributed by atoms with van der Waals surface area (Å²) in [5.41, 5.74) is 0.355. The molecule has 1 N–H and O–H groups in total. The summed E-state index contributed by atoms with van der Waals surface area (Å²) in [5, 5.41) is 16.0. The van der Waals surface area contributed by atoms with Gasteiger partial charge in [0.05, 0.1) is 31.2 Å². The topological polar surface area (TPSA) is 124 Å².